The van der Waals surface area contributed by atoms with Crippen molar-refractivity contribution in [2.24, 2.45) is 0 Å². The van der Waals surface area contributed by atoms with Crippen LogP contribution in [0.25, 0.3) is 20.4 Å². The minimum Gasteiger partial charge on any atom is -0.348 e. The number of thiazole rings is 2. The van der Waals surface area contributed by atoms with Crippen molar-refractivity contribution in [3.63, 3.8) is 0 Å². The number of fused-ring (bicyclic) bond motifs is 3. The average molecular weight is 436 g/mol. The third kappa shape index (κ3) is 2.66. The Kier molecular flexibility index (Phi) is 3.93. The lowest BCUT2D eigenvalue weighted by molar-refractivity contribution is 0.0690. The number of carbonyl (C=O) groups excluding carboxylic acids is 1. The Hall–Kier alpha value is -3.17. The van der Waals surface area contributed by atoms with Crippen molar-refractivity contribution in [3.8, 4) is 0 Å². The third-order valence-electron chi connectivity index (χ3n) is 5.28. The molecule has 148 valence electrons. The fourth-order valence-corrected chi connectivity index (χ4v) is 5.90. The molecule has 1 aliphatic heterocycles. The Morgan fingerprint density at radius 1 is 1.10 bits per heavy atom. The minimum absolute atomic E-state index is 0.228. The smallest absolute Gasteiger partial charge is 0.283 e. The van der Waals surface area contributed by atoms with Crippen molar-refractivity contribution in [3.05, 3.63) is 76.0 Å². The SMILES string of the molecule is O=C(c1nc2c(F)cccc2s1)N1CCc2[nH]cnc2[C@H]1c1nc2ccccc2s1. The number of benzene rings is 2. The molecule has 0 bridgehead atoms. The van der Waals surface area contributed by atoms with Gasteiger partial charge in [0.15, 0.2) is 5.01 Å². The van der Waals surface area contributed by atoms with Gasteiger partial charge in [0.25, 0.3) is 5.91 Å². The zero-order chi connectivity index (χ0) is 20.2. The van der Waals surface area contributed by atoms with Crippen molar-refractivity contribution in [1.82, 2.24) is 24.8 Å². The number of hydrogen-bond acceptors (Lipinski definition) is 6. The second kappa shape index (κ2) is 6.68. The van der Waals surface area contributed by atoms with E-state index in [4.69, 9.17) is 4.98 Å². The number of para-hydroxylation sites is 2. The summed E-state index contributed by atoms with van der Waals surface area (Å²) in [4.78, 5) is 32.1. The predicted octanol–water partition coefficient (Wildman–Crippen LogP) is 4.56. The molecule has 2 aromatic carbocycles. The molecule has 6 nitrogen and oxygen atoms in total. The summed E-state index contributed by atoms with van der Waals surface area (Å²) in [5, 5.41) is 1.09. The first-order chi connectivity index (χ1) is 14.7. The van der Waals surface area contributed by atoms with Gasteiger partial charge < -0.3 is 9.88 Å². The van der Waals surface area contributed by atoms with Crippen molar-refractivity contribution in [2.45, 2.75) is 12.5 Å². The molecule has 0 saturated carbocycles. The Labute approximate surface area is 178 Å². The van der Waals surface area contributed by atoms with Crippen LogP contribution in [0.4, 0.5) is 4.39 Å². The number of amides is 1. The minimum atomic E-state index is -0.418. The number of aromatic amines is 1. The fraction of sp³-hybridized carbons (Fsp3) is 0.143. The second-order valence-electron chi connectivity index (χ2n) is 7.04. The monoisotopic (exact) mass is 435 g/mol. The summed E-state index contributed by atoms with van der Waals surface area (Å²) >= 11 is 2.77. The van der Waals surface area contributed by atoms with E-state index in [0.717, 1.165) is 26.6 Å². The number of carbonyl (C=O) groups is 1. The van der Waals surface area contributed by atoms with Gasteiger partial charge in [-0.25, -0.2) is 19.3 Å². The van der Waals surface area contributed by atoms with E-state index < -0.39 is 11.9 Å². The highest BCUT2D eigenvalue weighted by atomic mass is 32.1. The molecule has 5 aromatic rings. The normalized spacial score (nSPS) is 16.3. The molecule has 0 radical (unpaired) electrons. The van der Waals surface area contributed by atoms with Crippen LogP contribution in [0.5, 0.6) is 0 Å². The van der Waals surface area contributed by atoms with Crippen molar-refractivity contribution in [2.75, 3.05) is 6.54 Å². The highest BCUT2D eigenvalue weighted by molar-refractivity contribution is 7.20. The molecule has 0 unspecified atom stereocenters. The van der Waals surface area contributed by atoms with Gasteiger partial charge in [-0.15, -0.1) is 22.7 Å². The number of aromatic nitrogens is 4. The molecule has 4 heterocycles. The second-order valence-corrected chi connectivity index (χ2v) is 9.14. The molecular weight excluding hydrogens is 421 g/mol. The van der Waals surface area contributed by atoms with Gasteiger partial charge in [0.05, 0.1) is 26.9 Å². The maximum Gasteiger partial charge on any atom is 0.283 e. The van der Waals surface area contributed by atoms with Crippen LogP contribution < -0.4 is 0 Å². The Bertz CT molecular complexity index is 1390. The summed E-state index contributed by atoms with van der Waals surface area (Å²) in [6.07, 6.45) is 2.33. The van der Waals surface area contributed by atoms with E-state index in [1.54, 1.807) is 34.7 Å². The van der Waals surface area contributed by atoms with E-state index in [9.17, 15) is 9.18 Å². The number of halogens is 1. The Morgan fingerprint density at radius 2 is 1.97 bits per heavy atom. The van der Waals surface area contributed by atoms with Gasteiger partial charge in [-0.2, -0.15) is 0 Å². The quantitative estimate of drug-likeness (QED) is 0.441. The summed E-state index contributed by atoms with van der Waals surface area (Å²) in [6.45, 7) is 0.507. The van der Waals surface area contributed by atoms with E-state index in [2.05, 4.69) is 15.0 Å². The summed E-state index contributed by atoms with van der Waals surface area (Å²) in [7, 11) is 0. The highest BCUT2D eigenvalue weighted by Crippen LogP contribution is 2.38. The van der Waals surface area contributed by atoms with Gasteiger partial charge in [0, 0.05) is 18.7 Å². The van der Waals surface area contributed by atoms with Crippen LogP contribution in [0.15, 0.2) is 48.8 Å². The molecule has 1 atom stereocenters. The number of rotatable bonds is 2. The lowest BCUT2D eigenvalue weighted by Crippen LogP contribution is -2.40. The van der Waals surface area contributed by atoms with Gasteiger partial charge >= 0.3 is 0 Å². The van der Waals surface area contributed by atoms with E-state index >= 15 is 0 Å². The molecule has 1 amide bonds. The van der Waals surface area contributed by atoms with Crippen LogP contribution in [0, 0.1) is 5.82 Å². The van der Waals surface area contributed by atoms with Gasteiger partial charge in [0.1, 0.15) is 22.4 Å². The predicted molar refractivity (Wildman–Crippen MR) is 114 cm³/mol. The third-order valence-corrected chi connectivity index (χ3v) is 7.38. The summed E-state index contributed by atoms with van der Waals surface area (Å²) < 4.78 is 15.8. The Morgan fingerprint density at radius 3 is 2.83 bits per heavy atom. The first-order valence-corrected chi connectivity index (χ1v) is 11.1. The average Bonchev–Trinajstić information content (AvgIpc) is 3.49. The topological polar surface area (TPSA) is 74.8 Å². The van der Waals surface area contributed by atoms with Crippen molar-refractivity contribution >= 4 is 49.0 Å². The number of H-pyrrole nitrogens is 1. The summed E-state index contributed by atoms with van der Waals surface area (Å²) in [6, 6.07) is 12.3. The molecule has 3 aromatic heterocycles. The number of nitrogens with zero attached hydrogens (tertiary/aromatic N) is 4. The number of nitrogens with one attached hydrogen (secondary N) is 1. The molecular formula is C21H14FN5OS2. The van der Waals surface area contributed by atoms with Gasteiger partial charge in [-0.1, -0.05) is 18.2 Å². The number of hydrogen-bond donors (Lipinski definition) is 1. The van der Waals surface area contributed by atoms with Crippen LogP contribution in [-0.4, -0.2) is 37.3 Å². The van der Waals surface area contributed by atoms with Gasteiger partial charge in [-0.05, 0) is 24.3 Å². The summed E-state index contributed by atoms with van der Waals surface area (Å²) in [5.74, 6) is -0.646. The highest BCUT2D eigenvalue weighted by Gasteiger charge is 2.37. The van der Waals surface area contributed by atoms with Crippen molar-refractivity contribution in [1.29, 1.82) is 0 Å². The fourth-order valence-electron chi connectivity index (χ4n) is 3.88. The summed E-state index contributed by atoms with van der Waals surface area (Å²) in [5.41, 5.74) is 2.95. The molecule has 0 fully saturated rings. The maximum atomic E-state index is 14.1. The molecule has 1 N–H and O–H groups in total. The van der Waals surface area contributed by atoms with Crippen LogP contribution >= 0.6 is 22.7 Å². The van der Waals surface area contributed by atoms with Crippen LogP contribution in [0.1, 0.15) is 32.2 Å². The number of imidazole rings is 1. The zero-order valence-electron chi connectivity index (χ0n) is 15.5. The first kappa shape index (κ1) is 17.7. The van der Waals surface area contributed by atoms with Gasteiger partial charge in [-0.3, -0.25) is 4.79 Å². The largest absolute Gasteiger partial charge is 0.348 e. The molecule has 0 aliphatic carbocycles. The van der Waals surface area contributed by atoms with Crippen LogP contribution in [0.2, 0.25) is 0 Å². The molecule has 1 aliphatic rings. The maximum absolute atomic E-state index is 14.1. The van der Waals surface area contributed by atoms with E-state index in [1.165, 1.54) is 17.4 Å². The van der Waals surface area contributed by atoms with Gasteiger partial charge in [0.2, 0.25) is 0 Å². The zero-order valence-corrected chi connectivity index (χ0v) is 17.1. The van der Waals surface area contributed by atoms with E-state index in [0.29, 0.717) is 17.7 Å². The molecule has 0 spiro atoms. The standard InChI is InChI=1S/C21H14FN5OS2/c22-11-4-3-7-15-16(11)26-20(30-15)21(28)27-9-8-13-17(24-10-23-13)18(27)19-25-12-5-1-2-6-14(12)29-19/h1-7,10,18H,8-9H2,(H,23,24)/t18-/m0/s1. The first-order valence-electron chi connectivity index (χ1n) is 9.42. The molecule has 9 heteroatoms. The molecule has 30 heavy (non-hydrogen) atoms. The molecule has 0 saturated heterocycles. The van der Waals surface area contributed by atoms with Crippen LogP contribution in [-0.2, 0) is 6.42 Å². The lowest BCUT2D eigenvalue weighted by atomic mass is 10.0. The lowest BCUT2D eigenvalue weighted by Gasteiger charge is -2.33. The van der Waals surface area contributed by atoms with Crippen LogP contribution in [0.3, 0.4) is 0 Å². The molecule has 6 rings (SSSR count). The van der Waals surface area contributed by atoms with E-state index in [1.807, 2.05) is 24.3 Å². The Balaban J connectivity index is 1.47. The van der Waals surface area contributed by atoms with E-state index in [-0.39, 0.29) is 16.4 Å². The van der Waals surface area contributed by atoms with Crippen molar-refractivity contribution < 1.29 is 9.18 Å².